The molecule has 1 N–H and O–H groups in total. The van der Waals surface area contributed by atoms with Crippen LogP contribution in [0.5, 0.6) is 0 Å². The van der Waals surface area contributed by atoms with Gasteiger partial charge < -0.3 is 0 Å². The van der Waals surface area contributed by atoms with Crippen molar-refractivity contribution < 1.29 is 0 Å². The highest BCUT2D eigenvalue weighted by Crippen LogP contribution is 2.24. The number of rotatable bonds is 7. The predicted octanol–water partition coefficient (Wildman–Crippen LogP) is 4.29. The van der Waals surface area contributed by atoms with E-state index in [0.29, 0.717) is 0 Å². The van der Waals surface area contributed by atoms with Gasteiger partial charge in [0.25, 0.3) is 5.56 Å². The summed E-state index contributed by atoms with van der Waals surface area (Å²) in [5.74, 6) is 0. The molecule has 3 nitrogen and oxygen atoms in total. The van der Waals surface area contributed by atoms with E-state index in [0.717, 1.165) is 55.5 Å². The Hall–Kier alpha value is -1.77. The average Bonchev–Trinajstić information content (AvgIpc) is 2.80. The first kappa shape index (κ1) is 15.6. The van der Waals surface area contributed by atoms with Crippen molar-refractivity contribution in [3.63, 3.8) is 0 Å². The van der Waals surface area contributed by atoms with Crippen molar-refractivity contribution in [2.45, 2.75) is 59.4 Å². The molecule has 1 aromatic carbocycles. The van der Waals surface area contributed by atoms with Crippen molar-refractivity contribution in [1.29, 1.82) is 0 Å². The second-order valence-electron chi connectivity index (χ2n) is 5.69. The smallest absolute Gasteiger partial charge is 0.270 e. The molecule has 0 spiro atoms. The van der Waals surface area contributed by atoms with E-state index in [1.54, 1.807) is 4.68 Å². The van der Waals surface area contributed by atoms with E-state index in [1.807, 2.05) is 12.1 Å². The van der Waals surface area contributed by atoms with Crippen LogP contribution in [0.2, 0.25) is 0 Å². The highest BCUT2D eigenvalue weighted by atomic mass is 16.1. The number of nitrogens with zero attached hydrogens (tertiary/aromatic N) is 1. The van der Waals surface area contributed by atoms with E-state index in [2.05, 4.69) is 38.0 Å². The summed E-state index contributed by atoms with van der Waals surface area (Å²) in [5, 5.41) is 3.36. The molecule has 2 rings (SSSR count). The summed E-state index contributed by atoms with van der Waals surface area (Å²) in [4.78, 5) is 12.6. The minimum absolute atomic E-state index is 0.162. The molecule has 2 aromatic rings. The first-order valence-corrected chi connectivity index (χ1v) is 8.06. The Morgan fingerprint density at radius 3 is 2.48 bits per heavy atom. The molecule has 114 valence electrons. The lowest BCUT2D eigenvalue weighted by molar-refractivity contribution is 0.557. The number of hydrogen-bond donors (Lipinski definition) is 1. The van der Waals surface area contributed by atoms with Crippen molar-refractivity contribution in [3.8, 4) is 11.3 Å². The Balaban J connectivity index is 2.47. The second kappa shape index (κ2) is 7.30. The molecule has 0 atom stereocenters. The summed E-state index contributed by atoms with van der Waals surface area (Å²) < 4.78 is 1.79. The quantitative estimate of drug-likeness (QED) is 0.810. The Morgan fingerprint density at radius 1 is 1.10 bits per heavy atom. The molecule has 0 saturated heterocycles. The van der Waals surface area contributed by atoms with Crippen LogP contribution in [0.4, 0.5) is 0 Å². The molecule has 0 amide bonds. The number of aromatic amines is 1. The molecular formula is C18H26N2O. The lowest BCUT2D eigenvalue weighted by Crippen LogP contribution is -2.19. The van der Waals surface area contributed by atoms with Crippen molar-refractivity contribution in [2.24, 2.45) is 0 Å². The van der Waals surface area contributed by atoms with E-state index in [4.69, 9.17) is 0 Å². The van der Waals surface area contributed by atoms with Gasteiger partial charge in [-0.1, -0.05) is 51.0 Å². The van der Waals surface area contributed by atoms with Gasteiger partial charge in [-0.25, -0.2) is 0 Å². The fourth-order valence-electron chi connectivity index (χ4n) is 2.66. The molecule has 0 aliphatic heterocycles. The molecule has 1 heterocycles. The maximum atomic E-state index is 12.6. The lowest BCUT2D eigenvalue weighted by atomic mass is 10.00. The van der Waals surface area contributed by atoms with Crippen LogP contribution < -0.4 is 5.56 Å². The number of benzene rings is 1. The maximum Gasteiger partial charge on any atom is 0.270 e. The van der Waals surface area contributed by atoms with Crippen LogP contribution >= 0.6 is 0 Å². The molecule has 0 aliphatic rings. The minimum atomic E-state index is 0.162. The van der Waals surface area contributed by atoms with Crippen LogP contribution in [0.25, 0.3) is 11.3 Å². The van der Waals surface area contributed by atoms with Gasteiger partial charge in [-0.2, -0.15) is 0 Å². The highest BCUT2D eigenvalue weighted by Gasteiger charge is 2.16. The van der Waals surface area contributed by atoms with Crippen LogP contribution in [-0.4, -0.2) is 9.78 Å². The average molecular weight is 286 g/mol. The number of hydrogen-bond acceptors (Lipinski definition) is 1. The molecule has 0 fully saturated rings. The summed E-state index contributed by atoms with van der Waals surface area (Å²) in [6, 6.07) is 8.27. The Kier molecular flexibility index (Phi) is 5.43. The molecular weight excluding hydrogens is 260 g/mol. The van der Waals surface area contributed by atoms with E-state index in [9.17, 15) is 4.79 Å². The van der Waals surface area contributed by atoms with Gasteiger partial charge in [0.05, 0.1) is 5.69 Å². The number of H-pyrrole nitrogens is 1. The summed E-state index contributed by atoms with van der Waals surface area (Å²) in [5.41, 5.74) is 4.48. The van der Waals surface area contributed by atoms with E-state index >= 15 is 0 Å². The minimum Gasteiger partial charge on any atom is -0.295 e. The largest absolute Gasteiger partial charge is 0.295 e. The Bertz CT molecular complexity index is 637. The number of aromatic nitrogens is 2. The van der Waals surface area contributed by atoms with Gasteiger partial charge in [0.1, 0.15) is 0 Å². The van der Waals surface area contributed by atoms with Gasteiger partial charge in [-0.15, -0.1) is 0 Å². The van der Waals surface area contributed by atoms with E-state index in [-0.39, 0.29) is 5.56 Å². The zero-order valence-corrected chi connectivity index (χ0v) is 13.4. The monoisotopic (exact) mass is 286 g/mol. The van der Waals surface area contributed by atoms with Crippen molar-refractivity contribution in [2.75, 3.05) is 0 Å². The summed E-state index contributed by atoms with van der Waals surface area (Å²) >= 11 is 0. The second-order valence-corrected chi connectivity index (χ2v) is 5.69. The zero-order valence-electron chi connectivity index (χ0n) is 13.4. The molecule has 0 bridgehead atoms. The van der Waals surface area contributed by atoms with Gasteiger partial charge in [-0.3, -0.25) is 14.6 Å². The van der Waals surface area contributed by atoms with Crippen LogP contribution in [0, 0.1) is 6.92 Å². The topological polar surface area (TPSA) is 37.8 Å². The van der Waals surface area contributed by atoms with E-state index in [1.165, 1.54) is 5.56 Å². The molecule has 21 heavy (non-hydrogen) atoms. The zero-order chi connectivity index (χ0) is 15.2. The normalized spacial score (nSPS) is 11.0. The van der Waals surface area contributed by atoms with Crippen LogP contribution in [0.1, 0.15) is 50.7 Å². The van der Waals surface area contributed by atoms with Gasteiger partial charge in [0, 0.05) is 17.7 Å². The summed E-state index contributed by atoms with van der Waals surface area (Å²) in [6.07, 6.45) is 5.14. The number of nitrogens with one attached hydrogen (secondary N) is 1. The third kappa shape index (κ3) is 3.46. The molecule has 1 aromatic heterocycles. The first-order chi connectivity index (χ1) is 10.2. The standard InChI is InChI=1S/C18H26N2O/c1-4-6-11-16-17(15-12-9-8-10-14(15)3)19-20(18(16)21)13-7-5-2/h8-10,12,19H,4-7,11,13H2,1-3H3. The van der Waals surface area contributed by atoms with Crippen LogP contribution in [0.3, 0.4) is 0 Å². The Labute approximate surface area is 127 Å². The highest BCUT2D eigenvalue weighted by molar-refractivity contribution is 5.66. The maximum absolute atomic E-state index is 12.6. The van der Waals surface area contributed by atoms with Crippen LogP contribution in [0.15, 0.2) is 29.1 Å². The summed E-state index contributed by atoms with van der Waals surface area (Å²) in [7, 11) is 0. The molecule has 0 aliphatic carbocycles. The van der Waals surface area contributed by atoms with Gasteiger partial charge in [0.15, 0.2) is 0 Å². The van der Waals surface area contributed by atoms with Gasteiger partial charge >= 0.3 is 0 Å². The fourth-order valence-corrected chi connectivity index (χ4v) is 2.66. The summed E-state index contributed by atoms with van der Waals surface area (Å²) in [6.45, 7) is 7.19. The van der Waals surface area contributed by atoms with Gasteiger partial charge in [0.2, 0.25) is 0 Å². The predicted molar refractivity (Wildman–Crippen MR) is 88.7 cm³/mol. The third-order valence-electron chi connectivity index (χ3n) is 3.98. The number of aryl methyl sites for hydroxylation is 2. The first-order valence-electron chi connectivity index (χ1n) is 8.06. The number of unbranched alkanes of at least 4 members (excludes halogenated alkanes) is 2. The third-order valence-corrected chi connectivity index (χ3v) is 3.98. The molecule has 3 heteroatoms. The molecule has 0 unspecified atom stereocenters. The SMILES string of the molecule is CCCCc1c(-c2ccccc2C)[nH]n(CCCC)c1=O. The van der Waals surface area contributed by atoms with Gasteiger partial charge in [-0.05, 0) is 31.7 Å². The fraction of sp³-hybridized carbons (Fsp3) is 0.500. The Morgan fingerprint density at radius 2 is 1.81 bits per heavy atom. The van der Waals surface area contributed by atoms with E-state index < -0.39 is 0 Å². The lowest BCUT2D eigenvalue weighted by Gasteiger charge is -2.06. The van der Waals surface area contributed by atoms with Crippen molar-refractivity contribution >= 4 is 0 Å². The molecule has 0 radical (unpaired) electrons. The van der Waals surface area contributed by atoms with Crippen LogP contribution in [-0.2, 0) is 13.0 Å². The van der Waals surface area contributed by atoms with Crippen molar-refractivity contribution in [3.05, 3.63) is 45.7 Å². The molecule has 0 saturated carbocycles. The van der Waals surface area contributed by atoms with Crippen molar-refractivity contribution in [1.82, 2.24) is 9.78 Å².